The van der Waals surface area contributed by atoms with Crippen LogP contribution in [0.25, 0.3) is 0 Å². The molecule has 0 saturated carbocycles. The third kappa shape index (κ3) is 22.1. The first kappa shape index (κ1) is 39.9. The second-order valence-electron chi connectivity index (χ2n) is 13.4. The summed E-state index contributed by atoms with van der Waals surface area (Å²) in [5.74, 6) is 0. The smallest absolute Gasteiger partial charge is 0.0810 e. The van der Waals surface area contributed by atoms with Gasteiger partial charge in [0, 0.05) is 0 Å². The fraction of sp³-hybridized carbons (Fsp3) is 1.00. The fourth-order valence-electron chi connectivity index (χ4n) is 6.87. The molecule has 0 rings (SSSR count). The van der Waals surface area contributed by atoms with E-state index in [9.17, 15) is 0 Å². The predicted molar refractivity (Wildman–Crippen MR) is 192 cm³/mol. The molecule has 0 amide bonds. The summed E-state index contributed by atoms with van der Waals surface area (Å²) in [7, 11) is -0.297. The van der Waals surface area contributed by atoms with E-state index in [1.807, 2.05) is 0 Å². The summed E-state index contributed by atoms with van der Waals surface area (Å²) >= 11 is 0. The molecule has 0 nitrogen and oxygen atoms in total. The van der Waals surface area contributed by atoms with Crippen molar-refractivity contribution in [2.75, 3.05) is 0 Å². The number of unbranched alkanes of at least 4 members (excludes halogenated alkanes) is 18. The molecule has 0 heterocycles. The normalized spacial score (nSPS) is 12.5. The highest BCUT2D eigenvalue weighted by atomic mass is 31.6. The number of rotatable bonds is 32. The summed E-state index contributed by atoms with van der Waals surface area (Å²) in [6.45, 7) is 14.4. The first-order valence-electron chi connectivity index (χ1n) is 18.8. The van der Waals surface area contributed by atoms with E-state index in [0.717, 1.165) is 0 Å². The van der Waals surface area contributed by atoms with E-state index >= 15 is 0 Å². The quantitative estimate of drug-likeness (QED) is 0.0411. The van der Waals surface area contributed by atoms with Gasteiger partial charge in [0.15, 0.2) is 0 Å². The van der Waals surface area contributed by atoms with E-state index in [1.165, 1.54) is 116 Å². The van der Waals surface area contributed by atoms with Gasteiger partial charge in [-0.25, -0.2) is 0 Å². The molecule has 235 valence electrons. The molecule has 0 aromatic rings. The molecule has 0 bridgehead atoms. The van der Waals surface area contributed by atoms with Crippen molar-refractivity contribution in [3.63, 3.8) is 0 Å². The number of hydrogen-bond acceptors (Lipinski definition) is 0. The van der Waals surface area contributed by atoms with Crippen LogP contribution in [0.4, 0.5) is 0 Å². The molecule has 0 aliphatic rings. The molecule has 39 heavy (non-hydrogen) atoms. The van der Waals surface area contributed by atoms with Crippen LogP contribution in [0.3, 0.4) is 0 Å². The van der Waals surface area contributed by atoms with Crippen molar-refractivity contribution >= 4 is 23.2 Å². The van der Waals surface area contributed by atoms with Crippen LogP contribution >= 0.6 is 7.68 Å². The van der Waals surface area contributed by atoms with Crippen LogP contribution in [-0.2, 0) is 0 Å². The summed E-state index contributed by atoms with van der Waals surface area (Å²) in [5, 5.41) is 0. The maximum Gasteiger partial charge on any atom is 0.0810 e. The molecule has 3 heteroatoms. The van der Waals surface area contributed by atoms with Crippen molar-refractivity contribution in [3.05, 3.63) is 0 Å². The Balaban J connectivity index is 6.10. The average Bonchev–Trinajstić information content (AvgIpc) is 2.94. The average molecular weight is 598 g/mol. The molecule has 0 atom stereocenters. The molecule has 0 spiro atoms. The number of hydrogen-bond donors (Lipinski definition) is 0. The Bertz CT molecular complexity index is 376. The Morgan fingerprint density at radius 2 is 0.436 bits per heavy atom. The van der Waals surface area contributed by atoms with Crippen molar-refractivity contribution in [2.45, 2.75) is 232 Å². The zero-order valence-electron chi connectivity index (χ0n) is 28.7. The Hall–Kier alpha value is 0.864. The highest BCUT2D eigenvalue weighted by Gasteiger charge is 2.42. The summed E-state index contributed by atoms with van der Waals surface area (Å²) in [5.41, 5.74) is 0. The molecule has 0 unspecified atom stereocenters. The summed E-state index contributed by atoms with van der Waals surface area (Å²) in [6.07, 6.45) is 35.7. The lowest BCUT2D eigenvalue weighted by Gasteiger charge is -2.42. The van der Waals surface area contributed by atoms with Crippen molar-refractivity contribution < 1.29 is 0 Å². The van der Waals surface area contributed by atoms with Crippen molar-refractivity contribution in [2.24, 2.45) is 0 Å². The maximum atomic E-state index is 2.40. The first-order valence-corrected chi connectivity index (χ1v) is 26.6. The van der Waals surface area contributed by atoms with Gasteiger partial charge < -0.3 is 0 Å². The van der Waals surface area contributed by atoms with Crippen LogP contribution in [-0.4, -0.2) is 15.5 Å². The van der Waals surface area contributed by atoms with Crippen LogP contribution in [0.2, 0.25) is 36.3 Å². The van der Waals surface area contributed by atoms with Crippen molar-refractivity contribution in [1.82, 2.24) is 0 Å². The molecule has 1 radical (unpaired) electrons. The molecule has 0 aliphatic heterocycles. The summed E-state index contributed by atoms with van der Waals surface area (Å²) in [6, 6.07) is 10.2. The van der Waals surface area contributed by atoms with Gasteiger partial charge in [0.1, 0.15) is 0 Å². The standard InChI is InChI=1S/C36H78PSi2/c1-7-13-19-25-31-38(32-26-20-14-8-2,33-27-21-15-9-3)37-39(34-28-22-16-10-4,35-29-23-17-11-5)36-30-24-18-12-6/h7-36H2,1-6H3. The molecule has 0 aromatic carbocycles. The van der Waals surface area contributed by atoms with Crippen LogP contribution in [0.15, 0.2) is 0 Å². The van der Waals surface area contributed by atoms with E-state index in [-0.39, 0.29) is 0 Å². The van der Waals surface area contributed by atoms with Crippen LogP contribution in [0.5, 0.6) is 0 Å². The highest BCUT2D eigenvalue weighted by Crippen LogP contribution is 2.54. The van der Waals surface area contributed by atoms with Gasteiger partial charge in [-0.1, -0.05) is 232 Å². The van der Waals surface area contributed by atoms with E-state index in [1.54, 1.807) is 74.8 Å². The van der Waals surface area contributed by atoms with Gasteiger partial charge >= 0.3 is 0 Å². The Morgan fingerprint density at radius 1 is 0.256 bits per heavy atom. The molecular formula is C36H78PSi2. The van der Waals surface area contributed by atoms with Crippen LogP contribution in [0.1, 0.15) is 196 Å². The van der Waals surface area contributed by atoms with Gasteiger partial charge in [0.2, 0.25) is 0 Å². The van der Waals surface area contributed by atoms with Gasteiger partial charge in [-0.2, -0.15) is 0 Å². The van der Waals surface area contributed by atoms with E-state index in [4.69, 9.17) is 0 Å². The van der Waals surface area contributed by atoms with Crippen LogP contribution < -0.4 is 0 Å². The van der Waals surface area contributed by atoms with Crippen LogP contribution in [0, 0.1) is 0 Å². The van der Waals surface area contributed by atoms with Crippen molar-refractivity contribution in [1.29, 1.82) is 0 Å². The topological polar surface area (TPSA) is 0 Å². The Morgan fingerprint density at radius 3 is 0.590 bits per heavy atom. The van der Waals surface area contributed by atoms with Gasteiger partial charge in [-0.15, -0.1) is 7.68 Å². The Kier molecular flexibility index (Phi) is 29.6. The monoisotopic (exact) mass is 598 g/mol. The largest absolute Gasteiger partial charge is 0.111 e. The summed E-state index contributed by atoms with van der Waals surface area (Å²) in [4.78, 5) is 0. The van der Waals surface area contributed by atoms with E-state index in [0.29, 0.717) is 0 Å². The molecule has 0 aromatic heterocycles. The molecular weight excluding hydrogens is 520 g/mol. The van der Waals surface area contributed by atoms with Gasteiger partial charge in [0.25, 0.3) is 0 Å². The molecule has 0 aliphatic carbocycles. The third-order valence-corrected chi connectivity index (χ3v) is 33.5. The highest BCUT2D eigenvalue weighted by molar-refractivity contribution is 8.07. The zero-order chi connectivity index (χ0) is 28.9. The minimum atomic E-state index is -1.25. The first-order chi connectivity index (χ1) is 19.1. The van der Waals surface area contributed by atoms with Gasteiger partial charge in [-0.3, -0.25) is 0 Å². The lowest BCUT2D eigenvalue weighted by Crippen LogP contribution is -2.40. The Labute approximate surface area is 254 Å². The molecule has 0 saturated heterocycles. The lowest BCUT2D eigenvalue weighted by atomic mass is 10.2. The zero-order valence-corrected chi connectivity index (χ0v) is 31.6. The third-order valence-electron chi connectivity index (χ3n) is 9.45. The van der Waals surface area contributed by atoms with Gasteiger partial charge in [-0.05, 0) is 0 Å². The van der Waals surface area contributed by atoms with E-state index < -0.39 is 15.5 Å². The minimum Gasteiger partial charge on any atom is -0.111 e. The fourth-order valence-corrected chi connectivity index (χ4v) is 38.5. The van der Waals surface area contributed by atoms with Crippen molar-refractivity contribution in [3.8, 4) is 0 Å². The minimum absolute atomic E-state index is 1.25. The second kappa shape index (κ2) is 29.0. The predicted octanol–water partition coefficient (Wildman–Crippen LogP) is 15.3. The molecule has 0 fully saturated rings. The molecule has 0 N–H and O–H groups in total. The van der Waals surface area contributed by atoms with Gasteiger partial charge in [0.05, 0.1) is 15.5 Å². The maximum absolute atomic E-state index is 2.40. The second-order valence-corrected chi connectivity index (χ2v) is 29.9. The summed E-state index contributed by atoms with van der Waals surface area (Å²) < 4.78 is 0. The lowest BCUT2D eigenvalue weighted by molar-refractivity contribution is 0.668. The SMILES string of the molecule is CCCCCC[Si](CCCCCC)(CCCCCC)[P][Si](CCCCCC)(CCCCCC)CCCCCC. The van der Waals surface area contributed by atoms with E-state index in [2.05, 4.69) is 49.2 Å².